The molecule has 0 aliphatic rings. The van der Waals surface area contributed by atoms with Gasteiger partial charge in [0.15, 0.2) is 11.5 Å². The summed E-state index contributed by atoms with van der Waals surface area (Å²) < 4.78 is 10.9. The van der Waals surface area contributed by atoms with E-state index in [0.717, 1.165) is 17.7 Å². The van der Waals surface area contributed by atoms with Crippen molar-refractivity contribution in [1.82, 2.24) is 0 Å². The highest BCUT2D eigenvalue weighted by atomic mass is 16.5. The topological polar surface area (TPSA) is 38.7 Å². The molecule has 1 unspecified atom stereocenters. The van der Waals surface area contributed by atoms with Crippen molar-refractivity contribution in [3.8, 4) is 11.5 Å². The van der Waals surface area contributed by atoms with Crippen LogP contribution in [0.3, 0.4) is 0 Å². The van der Waals surface area contributed by atoms with E-state index < -0.39 is 6.10 Å². The van der Waals surface area contributed by atoms with Gasteiger partial charge in [0.2, 0.25) is 0 Å². The van der Waals surface area contributed by atoms with Crippen LogP contribution in [0.25, 0.3) is 0 Å². The van der Waals surface area contributed by atoms with Gasteiger partial charge in [0.1, 0.15) is 0 Å². The van der Waals surface area contributed by atoms with Crippen molar-refractivity contribution in [1.29, 1.82) is 0 Å². The van der Waals surface area contributed by atoms with E-state index >= 15 is 0 Å². The molecule has 0 aromatic heterocycles. The maximum absolute atomic E-state index is 9.49. The minimum Gasteiger partial charge on any atom is -0.493 e. The maximum Gasteiger partial charge on any atom is 0.161 e. The van der Waals surface area contributed by atoms with Crippen LogP contribution < -0.4 is 9.47 Å². The number of hydrogen-bond acceptors (Lipinski definition) is 3. The number of rotatable bonds is 6. The quantitative estimate of drug-likeness (QED) is 0.827. The highest BCUT2D eigenvalue weighted by molar-refractivity contribution is 5.43. The molecule has 0 fully saturated rings. The van der Waals surface area contributed by atoms with Crippen LogP contribution >= 0.6 is 0 Å². The number of aliphatic hydroxyl groups excluding tert-OH is 1. The molecule has 0 heterocycles. The first-order chi connectivity index (χ1) is 8.04. The van der Waals surface area contributed by atoms with Crippen molar-refractivity contribution in [2.45, 2.75) is 33.3 Å². The molecule has 0 radical (unpaired) electrons. The molecule has 1 atom stereocenters. The summed E-state index contributed by atoms with van der Waals surface area (Å²) in [6, 6.07) is 5.52. The van der Waals surface area contributed by atoms with Crippen LogP contribution in [0.15, 0.2) is 18.2 Å². The molecular weight excluding hydrogens is 216 g/mol. The van der Waals surface area contributed by atoms with E-state index in [0.29, 0.717) is 18.3 Å². The van der Waals surface area contributed by atoms with E-state index in [1.54, 1.807) is 14.0 Å². The molecule has 0 spiro atoms. The molecule has 0 bridgehead atoms. The Morgan fingerprint density at radius 2 is 1.88 bits per heavy atom. The Bertz CT molecular complexity index is 345. The van der Waals surface area contributed by atoms with Gasteiger partial charge < -0.3 is 14.6 Å². The molecular formula is C14H22O3. The Labute approximate surface area is 103 Å². The standard InChI is InChI=1S/C14H22O3/c1-10(2)7-8-17-13-6-5-12(11(3)15)9-14(13)16-4/h5-6,9-11,15H,7-8H2,1-4H3. The van der Waals surface area contributed by atoms with Gasteiger partial charge >= 0.3 is 0 Å². The molecule has 1 rings (SSSR count). The average molecular weight is 238 g/mol. The van der Waals surface area contributed by atoms with E-state index in [9.17, 15) is 5.11 Å². The molecule has 0 aliphatic heterocycles. The Kier molecular flexibility index (Phi) is 5.29. The fourth-order valence-corrected chi connectivity index (χ4v) is 1.47. The Balaban J connectivity index is 2.71. The van der Waals surface area contributed by atoms with Crippen molar-refractivity contribution in [3.05, 3.63) is 23.8 Å². The summed E-state index contributed by atoms with van der Waals surface area (Å²) in [6.45, 7) is 6.74. The van der Waals surface area contributed by atoms with Gasteiger partial charge in [-0.1, -0.05) is 19.9 Å². The Morgan fingerprint density at radius 3 is 2.41 bits per heavy atom. The van der Waals surface area contributed by atoms with Gasteiger partial charge in [0, 0.05) is 0 Å². The summed E-state index contributed by atoms with van der Waals surface area (Å²) in [6.07, 6.45) is 0.523. The first kappa shape index (κ1) is 13.8. The second-order valence-electron chi connectivity index (χ2n) is 4.62. The lowest BCUT2D eigenvalue weighted by Crippen LogP contribution is -2.03. The van der Waals surface area contributed by atoms with Crippen LogP contribution in [-0.2, 0) is 0 Å². The predicted octanol–water partition coefficient (Wildman–Crippen LogP) is 3.17. The molecule has 1 aromatic carbocycles. The molecule has 0 amide bonds. The van der Waals surface area contributed by atoms with Gasteiger partial charge in [0.25, 0.3) is 0 Å². The van der Waals surface area contributed by atoms with Crippen LogP contribution in [0, 0.1) is 5.92 Å². The maximum atomic E-state index is 9.49. The van der Waals surface area contributed by atoms with Gasteiger partial charge in [0.05, 0.1) is 19.8 Å². The lowest BCUT2D eigenvalue weighted by molar-refractivity contribution is 0.198. The van der Waals surface area contributed by atoms with Crippen molar-refractivity contribution in [2.24, 2.45) is 5.92 Å². The van der Waals surface area contributed by atoms with Crippen LogP contribution in [0.4, 0.5) is 0 Å². The number of methoxy groups -OCH3 is 1. The number of aliphatic hydroxyl groups is 1. The number of ether oxygens (including phenoxy) is 2. The van der Waals surface area contributed by atoms with E-state index in [-0.39, 0.29) is 0 Å². The fourth-order valence-electron chi connectivity index (χ4n) is 1.47. The lowest BCUT2D eigenvalue weighted by atomic mass is 10.1. The number of hydrogen-bond donors (Lipinski definition) is 1. The largest absolute Gasteiger partial charge is 0.493 e. The molecule has 96 valence electrons. The van der Waals surface area contributed by atoms with Crippen LogP contribution in [0.1, 0.15) is 38.9 Å². The normalized spacial score (nSPS) is 12.6. The lowest BCUT2D eigenvalue weighted by Gasteiger charge is -2.14. The summed E-state index contributed by atoms with van der Waals surface area (Å²) in [4.78, 5) is 0. The zero-order valence-corrected chi connectivity index (χ0v) is 11.1. The summed E-state index contributed by atoms with van der Waals surface area (Å²) in [7, 11) is 1.61. The molecule has 0 saturated heterocycles. The fraction of sp³-hybridized carbons (Fsp3) is 0.571. The summed E-state index contributed by atoms with van der Waals surface area (Å²) in [5.74, 6) is 2.03. The molecule has 3 nitrogen and oxygen atoms in total. The zero-order valence-electron chi connectivity index (χ0n) is 11.1. The average Bonchev–Trinajstić information content (AvgIpc) is 2.28. The number of benzene rings is 1. The molecule has 1 N–H and O–H groups in total. The third-order valence-corrected chi connectivity index (χ3v) is 2.62. The summed E-state index contributed by atoms with van der Waals surface area (Å²) in [5.41, 5.74) is 0.832. The van der Waals surface area contributed by atoms with Gasteiger partial charge in [-0.2, -0.15) is 0 Å². The second kappa shape index (κ2) is 6.50. The van der Waals surface area contributed by atoms with E-state index in [2.05, 4.69) is 13.8 Å². The van der Waals surface area contributed by atoms with Crippen LogP contribution in [-0.4, -0.2) is 18.8 Å². The van der Waals surface area contributed by atoms with Crippen LogP contribution in [0.2, 0.25) is 0 Å². The Morgan fingerprint density at radius 1 is 1.18 bits per heavy atom. The highest BCUT2D eigenvalue weighted by Gasteiger charge is 2.08. The first-order valence-electron chi connectivity index (χ1n) is 6.03. The first-order valence-corrected chi connectivity index (χ1v) is 6.03. The van der Waals surface area contributed by atoms with Gasteiger partial charge in [-0.25, -0.2) is 0 Å². The Hall–Kier alpha value is -1.22. The van der Waals surface area contributed by atoms with Crippen LogP contribution in [0.5, 0.6) is 11.5 Å². The SMILES string of the molecule is COc1cc(C(C)O)ccc1OCCC(C)C. The van der Waals surface area contributed by atoms with Crippen molar-refractivity contribution in [3.63, 3.8) is 0 Å². The minimum atomic E-state index is -0.492. The molecule has 0 aliphatic carbocycles. The third kappa shape index (κ3) is 4.27. The second-order valence-corrected chi connectivity index (χ2v) is 4.62. The van der Waals surface area contributed by atoms with Gasteiger partial charge in [-0.15, -0.1) is 0 Å². The zero-order chi connectivity index (χ0) is 12.8. The van der Waals surface area contributed by atoms with Gasteiger partial charge in [-0.05, 0) is 37.0 Å². The molecule has 3 heteroatoms. The van der Waals surface area contributed by atoms with Crippen molar-refractivity contribution < 1.29 is 14.6 Å². The van der Waals surface area contributed by atoms with Crippen molar-refractivity contribution >= 4 is 0 Å². The molecule has 17 heavy (non-hydrogen) atoms. The van der Waals surface area contributed by atoms with E-state index in [1.807, 2.05) is 18.2 Å². The van der Waals surface area contributed by atoms with E-state index in [4.69, 9.17) is 9.47 Å². The molecule has 0 saturated carbocycles. The summed E-state index contributed by atoms with van der Waals surface area (Å²) in [5, 5.41) is 9.49. The monoisotopic (exact) mass is 238 g/mol. The van der Waals surface area contributed by atoms with Crippen molar-refractivity contribution in [2.75, 3.05) is 13.7 Å². The predicted molar refractivity (Wildman–Crippen MR) is 68.6 cm³/mol. The van der Waals surface area contributed by atoms with Gasteiger partial charge in [-0.3, -0.25) is 0 Å². The minimum absolute atomic E-state index is 0.492. The van der Waals surface area contributed by atoms with E-state index in [1.165, 1.54) is 0 Å². The smallest absolute Gasteiger partial charge is 0.161 e. The highest BCUT2D eigenvalue weighted by Crippen LogP contribution is 2.30. The summed E-state index contributed by atoms with van der Waals surface area (Å²) >= 11 is 0. The third-order valence-electron chi connectivity index (χ3n) is 2.62. The molecule has 1 aromatic rings.